The number of carbonyl (C=O) groups excluding carboxylic acids is 2. The van der Waals surface area contributed by atoms with Crippen molar-refractivity contribution in [3.05, 3.63) is 93.0 Å². The number of carbonyl (C=O) groups is 3. The van der Waals surface area contributed by atoms with Gasteiger partial charge >= 0.3 is 20.2 Å². The molecule has 2 heterocycles. The van der Waals surface area contributed by atoms with Crippen LogP contribution in [0.15, 0.2) is 42.5 Å². The number of halogens is 2. The van der Waals surface area contributed by atoms with Gasteiger partial charge < -0.3 is 35.1 Å². The van der Waals surface area contributed by atoms with Crippen LogP contribution in [0.1, 0.15) is 53.3 Å². The molecule has 2 aliphatic heterocycles. The number of carboxylic acid groups (broad SMARTS) is 1. The Kier molecular flexibility index (Phi) is 7.19. The Morgan fingerprint density at radius 1 is 0.769 bits per heavy atom. The maximum absolute atomic E-state index is 14.8. The molecule has 2 aliphatic rings. The summed E-state index contributed by atoms with van der Waals surface area (Å²) in [6.45, 7) is -0.306. The van der Waals surface area contributed by atoms with Gasteiger partial charge in [0.1, 0.15) is 11.6 Å². The summed E-state index contributed by atoms with van der Waals surface area (Å²) in [5.74, 6) is -4.65. The van der Waals surface area contributed by atoms with E-state index < -0.39 is 43.7 Å². The molecule has 0 bridgehead atoms. The molecule has 0 aromatic heterocycles. The van der Waals surface area contributed by atoms with Crippen molar-refractivity contribution >= 4 is 42.9 Å². The predicted octanol–water partition coefficient (Wildman–Crippen LogP) is -0.0416. The molecule has 3 aromatic rings. The third-order valence-electron chi connectivity index (χ3n) is 6.52. The average Bonchev–Trinajstić information content (AvgIpc) is 3.49. The van der Waals surface area contributed by atoms with Crippen LogP contribution < -0.4 is 21.6 Å². The first-order chi connectivity index (χ1) is 18.6. The molecule has 0 saturated carbocycles. The normalized spacial score (nSPS) is 13.7. The van der Waals surface area contributed by atoms with E-state index in [1.165, 1.54) is 42.5 Å². The van der Waals surface area contributed by atoms with Crippen LogP contribution in [0.25, 0.3) is 0 Å². The Hall–Kier alpha value is -4.10. The second-order valence-electron chi connectivity index (χ2n) is 9.04. The Morgan fingerprint density at radius 2 is 1.21 bits per heavy atom. The Labute approximate surface area is 220 Å². The number of rotatable bonds is 7. The van der Waals surface area contributed by atoms with Gasteiger partial charge in [0, 0.05) is 24.0 Å². The summed E-state index contributed by atoms with van der Waals surface area (Å²) in [6, 6.07) is 9.64. The summed E-state index contributed by atoms with van der Waals surface area (Å²) in [5.41, 5.74) is 0.607. The van der Waals surface area contributed by atoms with Crippen LogP contribution in [0.4, 0.5) is 8.78 Å². The average molecular weight is 536 g/mol. The zero-order valence-electron chi connectivity index (χ0n) is 20.2. The molecule has 3 aromatic carbocycles. The summed E-state index contributed by atoms with van der Waals surface area (Å²) in [6.07, 6.45) is 0. The Morgan fingerprint density at radius 3 is 1.62 bits per heavy atom. The highest BCUT2D eigenvalue weighted by Gasteiger charge is 2.34. The SMILES string of the molecule is O=C(O)c1cc(CNC(=O)c2ccc3c(c2F)B(O)OC3)cc(CNC(=O)c2ccc3c(c2F)B(O)OC3)c1. The van der Waals surface area contributed by atoms with Gasteiger partial charge in [0.05, 0.1) is 29.9 Å². The molecule has 14 heteroatoms. The highest BCUT2D eigenvalue weighted by Crippen LogP contribution is 2.18. The summed E-state index contributed by atoms with van der Waals surface area (Å²) in [7, 11) is -2.94. The minimum atomic E-state index is -1.47. The van der Waals surface area contributed by atoms with Gasteiger partial charge in [-0.1, -0.05) is 18.2 Å². The van der Waals surface area contributed by atoms with E-state index in [2.05, 4.69) is 10.6 Å². The highest BCUT2D eigenvalue weighted by atomic mass is 19.1. The molecule has 0 aliphatic carbocycles. The number of benzene rings is 3. The number of amides is 2. The molecule has 0 saturated heterocycles. The summed E-state index contributed by atoms with van der Waals surface area (Å²) in [5, 5.41) is 34.1. The quantitative estimate of drug-likeness (QED) is 0.264. The number of nitrogens with one attached hydrogen (secondary N) is 2. The number of carboxylic acids is 1. The molecule has 10 nitrogen and oxygen atoms in total. The second-order valence-corrected chi connectivity index (χ2v) is 9.04. The van der Waals surface area contributed by atoms with Crippen LogP contribution >= 0.6 is 0 Å². The van der Waals surface area contributed by atoms with Crippen molar-refractivity contribution in [3.8, 4) is 0 Å². The zero-order valence-corrected chi connectivity index (χ0v) is 20.2. The summed E-state index contributed by atoms with van der Waals surface area (Å²) in [4.78, 5) is 36.9. The van der Waals surface area contributed by atoms with E-state index in [0.717, 1.165) is 0 Å². The molecule has 39 heavy (non-hydrogen) atoms. The lowest BCUT2D eigenvalue weighted by atomic mass is 9.78. The summed E-state index contributed by atoms with van der Waals surface area (Å²) < 4.78 is 39.6. The van der Waals surface area contributed by atoms with Crippen molar-refractivity contribution in [1.29, 1.82) is 0 Å². The molecule has 0 atom stereocenters. The fourth-order valence-corrected chi connectivity index (χ4v) is 4.55. The minimum Gasteiger partial charge on any atom is -0.478 e. The first-order valence-corrected chi connectivity index (χ1v) is 11.8. The van der Waals surface area contributed by atoms with Gasteiger partial charge in [0.2, 0.25) is 0 Å². The highest BCUT2D eigenvalue weighted by molar-refractivity contribution is 6.62. The third kappa shape index (κ3) is 5.14. The number of fused-ring (bicyclic) bond motifs is 2. The smallest absolute Gasteiger partial charge is 0.478 e. The lowest BCUT2D eigenvalue weighted by molar-refractivity contribution is 0.0696. The van der Waals surface area contributed by atoms with Crippen molar-refractivity contribution < 1.29 is 47.6 Å². The first kappa shape index (κ1) is 26.5. The number of hydrogen-bond donors (Lipinski definition) is 5. The van der Waals surface area contributed by atoms with E-state index in [1.54, 1.807) is 0 Å². The molecule has 5 rings (SSSR count). The van der Waals surface area contributed by atoms with Gasteiger partial charge in [-0.15, -0.1) is 0 Å². The van der Waals surface area contributed by atoms with E-state index in [-0.39, 0.29) is 53.9 Å². The molecule has 0 unspecified atom stereocenters. The fourth-order valence-electron chi connectivity index (χ4n) is 4.55. The van der Waals surface area contributed by atoms with Gasteiger partial charge in [0.25, 0.3) is 11.8 Å². The standard InChI is InChI=1S/C25H20B2F2N2O8/c28-21-17(3-1-14-10-38-26(36)19(14)21)23(32)30-8-12-5-13(7-16(6-12)25(34)35)9-31-24(33)18-4-2-15-11-39-27(37)20(15)22(18)29/h1-7,36-37H,8-11H2,(H,30,32)(H,31,33)(H,34,35). The van der Waals surface area contributed by atoms with Crippen LogP contribution in [0.2, 0.25) is 0 Å². The maximum atomic E-state index is 14.8. The van der Waals surface area contributed by atoms with Gasteiger partial charge in [-0.25, -0.2) is 13.6 Å². The zero-order chi connectivity index (χ0) is 27.8. The molecule has 2 amide bonds. The molecule has 198 valence electrons. The first-order valence-electron chi connectivity index (χ1n) is 11.8. The lowest BCUT2D eigenvalue weighted by Crippen LogP contribution is -2.34. The van der Waals surface area contributed by atoms with E-state index >= 15 is 0 Å². The monoisotopic (exact) mass is 536 g/mol. The number of hydrogen-bond acceptors (Lipinski definition) is 7. The van der Waals surface area contributed by atoms with Gasteiger partial charge in [0.15, 0.2) is 0 Å². The van der Waals surface area contributed by atoms with Crippen molar-refractivity contribution in [2.24, 2.45) is 0 Å². The minimum absolute atomic E-state index is 0.0199. The largest absolute Gasteiger partial charge is 0.494 e. The Balaban J connectivity index is 1.29. The van der Waals surface area contributed by atoms with Crippen molar-refractivity contribution in [3.63, 3.8) is 0 Å². The number of aromatic carboxylic acids is 1. The van der Waals surface area contributed by atoms with Crippen LogP contribution in [0, 0.1) is 11.6 Å². The van der Waals surface area contributed by atoms with Crippen molar-refractivity contribution in [2.45, 2.75) is 26.3 Å². The van der Waals surface area contributed by atoms with Crippen LogP contribution in [0.3, 0.4) is 0 Å². The summed E-state index contributed by atoms with van der Waals surface area (Å²) >= 11 is 0. The van der Waals surface area contributed by atoms with Gasteiger partial charge in [-0.3, -0.25) is 9.59 Å². The molecule has 0 radical (unpaired) electrons. The van der Waals surface area contributed by atoms with Gasteiger partial charge in [-0.2, -0.15) is 0 Å². The van der Waals surface area contributed by atoms with Crippen molar-refractivity contribution in [1.82, 2.24) is 10.6 Å². The predicted molar refractivity (Wildman–Crippen MR) is 133 cm³/mol. The van der Waals surface area contributed by atoms with Crippen LogP contribution in [-0.4, -0.2) is 47.2 Å². The van der Waals surface area contributed by atoms with Gasteiger partial charge in [-0.05, 0) is 46.5 Å². The molecular weight excluding hydrogens is 516 g/mol. The van der Waals surface area contributed by atoms with E-state index in [9.17, 15) is 38.3 Å². The molecule has 0 spiro atoms. The van der Waals surface area contributed by atoms with E-state index in [0.29, 0.717) is 22.3 Å². The molecule has 5 N–H and O–H groups in total. The van der Waals surface area contributed by atoms with Crippen LogP contribution in [0.5, 0.6) is 0 Å². The second kappa shape index (κ2) is 10.6. The topological polar surface area (TPSA) is 154 Å². The fraction of sp³-hybridized carbons (Fsp3) is 0.160. The maximum Gasteiger partial charge on any atom is 0.494 e. The van der Waals surface area contributed by atoms with Crippen molar-refractivity contribution in [2.75, 3.05) is 0 Å². The molecule has 0 fully saturated rings. The van der Waals surface area contributed by atoms with Crippen LogP contribution in [-0.2, 0) is 35.6 Å². The van der Waals surface area contributed by atoms with E-state index in [4.69, 9.17) is 9.31 Å². The lowest BCUT2D eigenvalue weighted by Gasteiger charge is -2.12. The Bertz CT molecular complexity index is 1420. The third-order valence-corrected chi connectivity index (χ3v) is 6.52. The van der Waals surface area contributed by atoms with E-state index in [1.807, 2.05) is 0 Å². The molecular formula is C25H20B2F2N2O8.